The average molecular weight is 252 g/mol. The van der Waals surface area contributed by atoms with Crippen molar-refractivity contribution in [1.29, 1.82) is 0 Å². The zero-order valence-corrected chi connectivity index (χ0v) is 10.9. The van der Waals surface area contributed by atoms with E-state index in [1.54, 1.807) is 12.1 Å². The number of piperidine rings is 1. The molecule has 1 aliphatic heterocycles. The van der Waals surface area contributed by atoms with Crippen LogP contribution in [0.25, 0.3) is 0 Å². The Morgan fingerprint density at radius 1 is 1.39 bits per heavy atom. The van der Waals surface area contributed by atoms with Crippen LogP contribution < -0.4 is 10.5 Å². The summed E-state index contributed by atoms with van der Waals surface area (Å²) in [5.74, 6) is 0.0602. The van der Waals surface area contributed by atoms with Gasteiger partial charge in [-0.05, 0) is 50.6 Å². The summed E-state index contributed by atoms with van der Waals surface area (Å²) in [4.78, 5) is 2.32. The van der Waals surface area contributed by atoms with Gasteiger partial charge in [0.05, 0.1) is 6.61 Å². The Kier molecular flexibility index (Phi) is 4.55. The van der Waals surface area contributed by atoms with E-state index in [1.807, 2.05) is 13.0 Å². The van der Waals surface area contributed by atoms with Gasteiger partial charge in [0, 0.05) is 12.6 Å². The van der Waals surface area contributed by atoms with Gasteiger partial charge in [0.1, 0.15) is 0 Å². The molecule has 1 aromatic carbocycles. The van der Waals surface area contributed by atoms with E-state index in [1.165, 1.54) is 0 Å². The third-order valence-corrected chi connectivity index (χ3v) is 3.33. The molecule has 1 heterocycles. The van der Waals surface area contributed by atoms with Crippen LogP contribution in [0.4, 0.5) is 4.39 Å². The second kappa shape index (κ2) is 6.16. The summed E-state index contributed by atoms with van der Waals surface area (Å²) in [6.45, 7) is 5.12. The number of ether oxygens (including phenoxy) is 1. The maximum Gasteiger partial charge on any atom is 0.165 e. The lowest BCUT2D eigenvalue weighted by atomic mass is 10.1. The SMILES string of the molecule is CCOc1ccc(CN2CCC(N)CC2)cc1F. The van der Waals surface area contributed by atoms with E-state index in [2.05, 4.69) is 4.90 Å². The van der Waals surface area contributed by atoms with Crippen LogP contribution in [0, 0.1) is 5.82 Å². The van der Waals surface area contributed by atoms with Crippen LogP contribution in [-0.4, -0.2) is 30.6 Å². The molecule has 1 fully saturated rings. The molecular weight excluding hydrogens is 231 g/mol. The summed E-state index contributed by atoms with van der Waals surface area (Å²) < 4.78 is 18.9. The largest absolute Gasteiger partial charge is 0.491 e. The highest BCUT2D eigenvalue weighted by molar-refractivity contribution is 5.29. The van der Waals surface area contributed by atoms with E-state index >= 15 is 0 Å². The van der Waals surface area contributed by atoms with Crippen molar-refractivity contribution < 1.29 is 9.13 Å². The zero-order valence-electron chi connectivity index (χ0n) is 10.9. The Bertz CT molecular complexity index is 389. The number of rotatable bonds is 4. The first-order valence-electron chi connectivity index (χ1n) is 6.58. The molecule has 4 heteroatoms. The van der Waals surface area contributed by atoms with Crippen molar-refractivity contribution in [3.63, 3.8) is 0 Å². The van der Waals surface area contributed by atoms with E-state index < -0.39 is 0 Å². The number of hydrogen-bond acceptors (Lipinski definition) is 3. The van der Waals surface area contributed by atoms with Gasteiger partial charge in [-0.3, -0.25) is 4.90 Å². The van der Waals surface area contributed by atoms with Crippen molar-refractivity contribution in [1.82, 2.24) is 4.90 Å². The molecule has 0 radical (unpaired) electrons. The van der Waals surface area contributed by atoms with E-state index in [4.69, 9.17) is 10.5 Å². The summed E-state index contributed by atoms with van der Waals surface area (Å²) in [5.41, 5.74) is 6.86. The van der Waals surface area contributed by atoms with Crippen LogP contribution in [0.5, 0.6) is 5.75 Å². The second-order valence-electron chi connectivity index (χ2n) is 4.81. The molecule has 1 aromatic rings. The molecule has 3 nitrogen and oxygen atoms in total. The highest BCUT2D eigenvalue weighted by Crippen LogP contribution is 2.20. The number of halogens is 1. The first-order chi connectivity index (χ1) is 8.69. The van der Waals surface area contributed by atoms with Gasteiger partial charge in [-0.15, -0.1) is 0 Å². The zero-order chi connectivity index (χ0) is 13.0. The molecule has 0 saturated carbocycles. The third-order valence-electron chi connectivity index (χ3n) is 3.33. The van der Waals surface area contributed by atoms with E-state index in [0.717, 1.165) is 38.0 Å². The maximum absolute atomic E-state index is 13.7. The average Bonchev–Trinajstić information content (AvgIpc) is 2.36. The van der Waals surface area contributed by atoms with Crippen LogP contribution in [0.3, 0.4) is 0 Å². The number of nitrogens with two attached hydrogens (primary N) is 1. The van der Waals surface area contributed by atoms with Gasteiger partial charge in [-0.2, -0.15) is 0 Å². The lowest BCUT2D eigenvalue weighted by molar-refractivity contribution is 0.205. The summed E-state index contributed by atoms with van der Waals surface area (Å²) in [5, 5.41) is 0. The summed E-state index contributed by atoms with van der Waals surface area (Å²) >= 11 is 0. The predicted octanol–water partition coefficient (Wildman–Crippen LogP) is 2.15. The smallest absolute Gasteiger partial charge is 0.165 e. The van der Waals surface area contributed by atoms with Crippen LogP contribution in [0.1, 0.15) is 25.3 Å². The molecule has 0 bridgehead atoms. The van der Waals surface area contributed by atoms with Crippen molar-refractivity contribution in [2.24, 2.45) is 5.73 Å². The molecule has 0 aromatic heterocycles. The molecule has 1 aliphatic rings. The van der Waals surface area contributed by atoms with Crippen LogP contribution in [0.2, 0.25) is 0 Å². The Hall–Kier alpha value is -1.13. The van der Waals surface area contributed by atoms with Crippen molar-refractivity contribution in [3.05, 3.63) is 29.6 Å². The van der Waals surface area contributed by atoms with Crippen LogP contribution in [0.15, 0.2) is 18.2 Å². The first-order valence-corrected chi connectivity index (χ1v) is 6.58. The minimum absolute atomic E-state index is 0.275. The van der Waals surface area contributed by atoms with E-state index in [-0.39, 0.29) is 5.82 Å². The minimum Gasteiger partial charge on any atom is -0.491 e. The number of nitrogens with zero attached hydrogens (tertiary/aromatic N) is 1. The molecule has 2 rings (SSSR count). The fraction of sp³-hybridized carbons (Fsp3) is 0.571. The van der Waals surface area contributed by atoms with Gasteiger partial charge in [0.15, 0.2) is 11.6 Å². The van der Waals surface area contributed by atoms with Crippen molar-refractivity contribution >= 4 is 0 Å². The molecular formula is C14H21FN2O. The normalized spacial score (nSPS) is 17.9. The number of hydrogen-bond donors (Lipinski definition) is 1. The Morgan fingerprint density at radius 2 is 2.11 bits per heavy atom. The third kappa shape index (κ3) is 3.43. The van der Waals surface area contributed by atoms with Gasteiger partial charge < -0.3 is 10.5 Å². The van der Waals surface area contributed by atoms with Crippen LogP contribution >= 0.6 is 0 Å². The summed E-state index contributed by atoms with van der Waals surface area (Å²) in [7, 11) is 0. The highest BCUT2D eigenvalue weighted by Gasteiger charge is 2.16. The minimum atomic E-state index is -0.275. The molecule has 0 aliphatic carbocycles. The van der Waals surface area contributed by atoms with Gasteiger partial charge in [-0.25, -0.2) is 4.39 Å². The molecule has 0 unspecified atom stereocenters. The molecule has 0 atom stereocenters. The number of likely N-dealkylation sites (tertiary alicyclic amines) is 1. The fourth-order valence-corrected chi connectivity index (χ4v) is 2.28. The molecule has 100 valence electrons. The predicted molar refractivity (Wildman–Crippen MR) is 70.1 cm³/mol. The lowest BCUT2D eigenvalue weighted by Gasteiger charge is -2.30. The van der Waals surface area contributed by atoms with Gasteiger partial charge >= 0.3 is 0 Å². The first kappa shape index (κ1) is 13.3. The van der Waals surface area contributed by atoms with Gasteiger partial charge in [0.25, 0.3) is 0 Å². The van der Waals surface area contributed by atoms with Gasteiger partial charge in [-0.1, -0.05) is 6.07 Å². The fourth-order valence-electron chi connectivity index (χ4n) is 2.28. The molecule has 2 N–H and O–H groups in total. The topological polar surface area (TPSA) is 38.5 Å². The Balaban J connectivity index is 1.95. The van der Waals surface area contributed by atoms with Crippen LogP contribution in [-0.2, 0) is 6.54 Å². The quantitative estimate of drug-likeness (QED) is 0.892. The maximum atomic E-state index is 13.7. The van der Waals surface area contributed by atoms with Crippen molar-refractivity contribution in [2.45, 2.75) is 32.4 Å². The van der Waals surface area contributed by atoms with Crippen molar-refractivity contribution in [2.75, 3.05) is 19.7 Å². The van der Waals surface area contributed by atoms with E-state index in [0.29, 0.717) is 18.4 Å². The Morgan fingerprint density at radius 3 is 2.72 bits per heavy atom. The monoisotopic (exact) mass is 252 g/mol. The molecule has 0 spiro atoms. The molecule has 18 heavy (non-hydrogen) atoms. The van der Waals surface area contributed by atoms with Gasteiger partial charge in [0.2, 0.25) is 0 Å². The standard InChI is InChI=1S/C14H21FN2O/c1-2-18-14-4-3-11(9-13(14)15)10-17-7-5-12(16)6-8-17/h3-4,9,12H,2,5-8,10,16H2,1H3. The molecule has 0 amide bonds. The summed E-state index contributed by atoms with van der Waals surface area (Å²) in [6, 6.07) is 5.55. The highest BCUT2D eigenvalue weighted by atomic mass is 19.1. The second-order valence-corrected chi connectivity index (χ2v) is 4.81. The lowest BCUT2D eigenvalue weighted by Crippen LogP contribution is -2.39. The number of benzene rings is 1. The molecule has 1 saturated heterocycles. The summed E-state index contributed by atoms with van der Waals surface area (Å²) in [6.07, 6.45) is 2.05. The van der Waals surface area contributed by atoms with E-state index in [9.17, 15) is 4.39 Å². The Labute approximate surface area is 108 Å². The van der Waals surface area contributed by atoms with Crippen molar-refractivity contribution in [3.8, 4) is 5.75 Å².